The molecule has 3 rings (SSSR count). The van der Waals surface area contributed by atoms with Crippen molar-refractivity contribution in [1.82, 2.24) is 0 Å². The van der Waals surface area contributed by atoms with Gasteiger partial charge in [-0.05, 0) is 30.3 Å². The maximum Gasteiger partial charge on any atom is 0.211 e. The molecule has 0 saturated carbocycles. The molecule has 0 saturated heterocycles. The van der Waals surface area contributed by atoms with Crippen molar-refractivity contribution in [3.63, 3.8) is 0 Å². The molecule has 5 N–H and O–H groups in total. The topological polar surface area (TPSA) is 66.2 Å². The van der Waals surface area contributed by atoms with Crippen LogP contribution in [-0.4, -0.2) is 0 Å². The minimum Gasteiger partial charge on any atom is -1.00 e. The normalized spacial score (nSPS) is 10.4. The number of rotatable bonds is 0. The predicted octanol–water partition coefficient (Wildman–Crippen LogP) is -1.02. The minimum atomic E-state index is 0. The van der Waals surface area contributed by atoms with Gasteiger partial charge in [0.1, 0.15) is 0 Å². The summed E-state index contributed by atoms with van der Waals surface area (Å²) in [5.41, 5.74) is 15.2. The molecule has 0 fully saturated rings. The zero-order valence-corrected chi connectivity index (χ0v) is 9.83. The second kappa shape index (κ2) is 4.11. The Balaban J connectivity index is 0.00000108. The number of hydrogen-bond donors (Lipinski definition) is 2. The van der Waals surface area contributed by atoms with E-state index >= 15 is 0 Å². The van der Waals surface area contributed by atoms with Gasteiger partial charge < -0.3 is 23.9 Å². The molecule has 3 aromatic rings. The van der Waals surface area contributed by atoms with Crippen LogP contribution in [0.15, 0.2) is 42.5 Å². The third-order valence-corrected chi connectivity index (χ3v) is 2.73. The molecular weight excluding hydrogens is 234 g/mol. The molecule has 2 aromatic carbocycles. The summed E-state index contributed by atoms with van der Waals surface area (Å²) in [5, 5.41) is 2.19. The van der Waals surface area contributed by atoms with Gasteiger partial charge in [0.15, 0.2) is 0 Å². The molecule has 4 heteroatoms. The number of aromatic amines is 1. The Hall–Kier alpha value is -2.00. The van der Waals surface area contributed by atoms with Gasteiger partial charge in [-0.3, -0.25) is 0 Å². The summed E-state index contributed by atoms with van der Waals surface area (Å²) in [7, 11) is 0. The molecule has 3 nitrogen and oxygen atoms in total. The van der Waals surface area contributed by atoms with Crippen molar-refractivity contribution in [2.45, 2.75) is 0 Å². The first-order chi connectivity index (χ1) is 7.72. The van der Waals surface area contributed by atoms with E-state index < -0.39 is 0 Å². The highest BCUT2D eigenvalue weighted by molar-refractivity contribution is 5.90. The van der Waals surface area contributed by atoms with Gasteiger partial charge in [-0.25, -0.2) is 4.98 Å². The predicted molar refractivity (Wildman–Crippen MR) is 66.8 cm³/mol. The van der Waals surface area contributed by atoms with E-state index in [2.05, 4.69) is 11.1 Å². The smallest absolute Gasteiger partial charge is 0.211 e. The molecule has 0 unspecified atom stereocenters. The number of pyridine rings is 1. The fourth-order valence-electron chi connectivity index (χ4n) is 1.94. The molecule has 1 aromatic heterocycles. The average molecular weight is 246 g/mol. The zero-order chi connectivity index (χ0) is 11.1. The molecule has 0 bridgehead atoms. The molecule has 86 valence electrons. The number of nitrogen functional groups attached to an aromatic ring is 2. The van der Waals surface area contributed by atoms with Crippen LogP contribution < -0.4 is 28.9 Å². The van der Waals surface area contributed by atoms with Gasteiger partial charge in [0.2, 0.25) is 11.0 Å². The lowest BCUT2D eigenvalue weighted by molar-refractivity contribution is -0.310. The number of nitrogens with two attached hydrogens (primary N) is 2. The van der Waals surface area contributed by atoms with E-state index in [1.807, 2.05) is 36.4 Å². The molecule has 0 aliphatic rings. The highest BCUT2D eigenvalue weighted by atomic mass is 35.5. The Labute approximate surface area is 105 Å². The van der Waals surface area contributed by atoms with E-state index in [1.54, 1.807) is 0 Å². The van der Waals surface area contributed by atoms with Gasteiger partial charge in [0, 0.05) is 34.3 Å². The van der Waals surface area contributed by atoms with Crippen LogP contribution in [0.2, 0.25) is 0 Å². The van der Waals surface area contributed by atoms with Crippen molar-refractivity contribution in [2.24, 2.45) is 0 Å². The van der Waals surface area contributed by atoms with Gasteiger partial charge >= 0.3 is 0 Å². The van der Waals surface area contributed by atoms with Gasteiger partial charge in [-0.2, -0.15) is 0 Å². The lowest BCUT2D eigenvalue weighted by Crippen LogP contribution is -3.00. The van der Waals surface area contributed by atoms with Gasteiger partial charge in [0.25, 0.3) is 0 Å². The van der Waals surface area contributed by atoms with Crippen LogP contribution in [0.1, 0.15) is 0 Å². The number of benzene rings is 2. The van der Waals surface area contributed by atoms with E-state index in [0.29, 0.717) is 0 Å². The zero-order valence-electron chi connectivity index (χ0n) is 9.07. The maximum absolute atomic E-state index is 5.76. The minimum absolute atomic E-state index is 0. The van der Waals surface area contributed by atoms with Crippen LogP contribution in [-0.2, 0) is 0 Å². The van der Waals surface area contributed by atoms with Crippen LogP contribution in [0.4, 0.5) is 11.4 Å². The van der Waals surface area contributed by atoms with Crippen molar-refractivity contribution in [2.75, 3.05) is 11.5 Å². The van der Waals surface area contributed by atoms with Crippen molar-refractivity contribution < 1.29 is 17.4 Å². The summed E-state index contributed by atoms with van der Waals surface area (Å²) in [4.78, 5) is 3.35. The van der Waals surface area contributed by atoms with Crippen molar-refractivity contribution in [3.05, 3.63) is 42.5 Å². The number of H-pyrrole nitrogens is 1. The highest BCUT2D eigenvalue weighted by Gasteiger charge is 2.06. The average Bonchev–Trinajstić information content (AvgIpc) is 2.26. The SMILES string of the molecule is Nc1ccc2[nH+]c3ccc(N)cc3cc2c1.[Cl-]. The number of aromatic nitrogens is 1. The number of anilines is 2. The number of halogens is 1. The van der Waals surface area contributed by atoms with Crippen molar-refractivity contribution >= 4 is 33.2 Å². The number of nitrogens with one attached hydrogen (secondary N) is 1. The van der Waals surface area contributed by atoms with E-state index in [9.17, 15) is 0 Å². The Morgan fingerprint density at radius 3 is 1.65 bits per heavy atom. The molecule has 17 heavy (non-hydrogen) atoms. The van der Waals surface area contributed by atoms with Crippen LogP contribution in [0.5, 0.6) is 0 Å². The molecule has 0 spiro atoms. The first-order valence-electron chi connectivity index (χ1n) is 5.13. The quantitative estimate of drug-likeness (QED) is 0.393. The Kier molecular flexibility index (Phi) is 2.77. The summed E-state index contributed by atoms with van der Waals surface area (Å²) in [6.07, 6.45) is 0. The van der Waals surface area contributed by atoms with Gasteiger partial charge in [-0.15, -0.1) is 0 Å². The first kappa shape index (κ1) is 11.5. The molecule has 1 heterocycles. The van der Waals surface area contributed by atoms with Crippen molar-refractivity contribution in [1.29, 1.82) is 0 Å². The highest BCUT2D eigenvalue weighted by Crippen LogP contribution is 2.20. The van der Waals surface area contributed by atoms with Crippen LogP contribution in [0, 0.1) is 0 Å². The maximum atomic E-state index is 5.76. The van der Waals surface area contributed by atoms with Crippen LogP contribution in [0.3, 0.4) is 0 Å². The molecule has 0 aliphatic carbocycles. The van der Waals surface area contributed by atoms with Crippen LogP contribution >= 0.6 is 0 Å². The molecule has 0 radical (unpaired) electrons. The monoisotopic (exact) mass is 245 g/mol. The molecule has 0 aliphatic heterocycles. The standard InChI is InChI=1S/C13H11N3.ClH/c14-10-1-3-12-8(6-10)5-9-7-11(15)2-4-13(9)16-12;/h1-7H,14-15H2;1H. The second-order valence-corrected chi connectivity index (χ2v) is 3.96. The van der Waals surface area contributed by atoms with E-state index in [-0.39, 0.29) is 12.4 Å². The Morgan fingerprint density at radius 2 is 1.18 bits per heavy atom. The molecule has 0 amide bonds. The van der Waals surface area contributed by atoms with E-state index in [1.165, 1.54) is 0 Å². The number of fused-ring (bicyclic) bond motifs is 2. The molecule has 0 atom stereocenters. The van der Waals surface area contributed by atoms with E-state index in [4.69, 9.17) is 11.5 Å². The van der Waals surface area contributed by atoms with E-state index in [0.717, 1.165) is 33.2 Å². The first-order valence-corrected chi connectivity index (χ1v) is 5.13. The van der Waals surface area contributed by atoms with Gasteiger partial charge in [0.05, 0.1) is 0 Å². The summed E-state index contributed by atoms with van der Waals surface area (Å²) in [6.45, 7) is 0. The summed E-state index contributed by atoms with van der Waals surface area (Å²) >= 11 is 0. The second-order valence-electron chi connectivity index (χ2n) is 3.96. The summed E-state index contributed by atoms with van der Waals surface area (Å²) in [5.74, 6) is 0. The Bertz CT molecular complexity index is 638. The number of hydrogen-bond acceptors (Lipinski definition) is 2. The third kappa shape index (κ3) is 1.97. The fourth-order valence-corrected chi connectivity index (χ4v) is 1.94. The lowest BCUT2D eigenvalue weighted by Gasteiger charge is -1.98. The molecular formula is C13H12ClN3. The summed E-state index contributed by atoms with van der Waals surface area (Å²) in [6, 6.07) is 13.8. The summed E-state index contributed by atoms with van der Waals surface area (Å²) < 4.78 is 0. The fraction of sp³-hybridized carbons (Fsp3) is 0. The Morgan fingerprint density at radius 1 is 0.706 bits per heavy atom. The third-order valence-electron chi connectivity index (χ3n) is 2.73. The van der Waals surface area contributed by atoms with Gasteiger partial charge in [-0.1, -0.05) is 0 Å². The lowest BCUT2D eigenvalue weighted by atomic mass is 10.1. The largest absolute Gasteiger partial charge is 1.00 e. The van der Waals surface area contributed by atoms with Crippen LogP contribution in [0.25, 0.3) is 21.8 Å². The van der Waals surface area contributed by atoms with Crippen molar-refractivity contribution in [3.8, 4) is 0 Å².